The van der Waals surface area contributed by atoms with Crippen LogP contribution in [-0.4, -0.2) is 5.71 Å². The van der Waals surface area contributed by atoms with Crippen LogP contribution in [0.15, 0.2) is 46.9 Å². The predicted molar refractivity (Wildman–Crippen MR) is 70.4 cm³/mol. The third-order valence-corrected chi connectivity index (χ3v) is 3.74. The zero-order chi connectivity index (χ0) is 11.5. The highest BCUT2D eigenvalue weighted by molar-refractivity contribution is 7.09. The molecule has 1 aliphatic carbocycles. The molecule has 0 spiro atoms. The van der Waals surface area contributed by atoms with Crippen molar-refractivity contribution in [1.29, 1.82) is 0 Å². The van der Waals surface area contributed by atoms with Crippen molar-refractivity contribution < 1.29 is 4.84 Å². The van der Waals surface area contributed by atoms with Crippen LogP contribution in [0.2, 0.25) is 0 Å². The van der Waals surface area contributed by atoms with Gasteiger partial charge in [0.25, 0.3) is 0 Å². The van der Waals surface area contributed by atoms with Crippen LogP contribution < -0.4 is 0 Å². The molecule has 0 saturated carbocycles. The van der Waals surface area contributed by atoms with E-state index in [1.807, 2.05) is 6.07 Å². The Morgan fingerprint density at radius 2 is 1.82 bits per heavy atom. The Morgan fingerprint density at radius 1 is 1.06 bits per heavy atom. The third kappa shape index (κ3) is 2.39. The summed E-state index contributed by atoms with van der Waals surface area (Å²) in [4.78, 5) is 6.60. The fourth-order valence-corrected chi connectivity index (χ4v) is 2.66. The average molecular weight is 243 g/mol. The van der Waals surface area contributed by atoms with Crippen molar-refractivity contribution >= 4 is 17.0 Å². The Kier molecular flexibility index (Phi) is 2.92. The predicted octanol–water partition coefficient (Wildman–Crippen LogP) is 3.42. The minimum absolute atomic E-state index is 0.581. The van der Waals surface area contributed by atoms with Crippen molar-refractivity contribution in [2.45, 2.75) is 19.4 Å². The van der Waals surface area contributed by atoms with E-state index in [0.717, 1.165) is 18.6 Å². The minimum atomic E-state index is 0.581. The Bertz CT molecular complexity index is 504. The molecule has 0 N–H and O–H groups in total. The van der Waals surface area contributed by atoms with E-state index in [0.29, 0.717) is 6.61 Å². The summed E-state index contributed by atoms with van der Waals surface area (Å²) in [6.45, 7) is 0.581. The molecule has 1 aromatic carbocycles. The third-order valence-electron chi connectivity index (χ3n) is 2.89. The molecule has 0 amide bonds. The number of benzene rings is 1. The molecule has 0 aliphatic heterocycles. The normalized spacial score (nSPS) is 13.5. The van der Waals surface area contributed by atoms with Crippen LogP contribution in [0, 0.1) is 0 Å². The fourth-order valence-electron chi connectivity index (χ4n) is 2.05. The topological polar surface area (TPSA) is 21.6 Å². The van der Waals surface area contributed by atoms with Gasteiger partial charge < -0.3 is 4.84 Å². The monoisotopic (exact) mass is 243 g/mol. The Morgan fingerprint density at radius 3 is 2.47 bits per heavy atom. The second-order valence-electron chi connectivity index (χ2n) is 4.13. The van der Waals surface area contributed by atoms with E-state index >= 15 is 0 Å². The summed E-state index contributed by atoms with van der Waals surface area (Å²) in [7, 11) is 0. The smallest absolute Gasteiger partial charge is 0.151 e. The highest BCUT2D eigenvalue weighted by Crippen LogP contribution is 2.20. The summed E-state index contributed by atoms with van der Waals surface area (Å²) in [5, 5.41) is 6.29. The van der Waals surface area contributed by atoms with Crippen molar-refractivity contribution in [1.82, 2.24) is 0 Å². The van der Waals surface area contributed by atoms with Crippen LogP contribution in [-0.2, 0) is 24.3 Å². The van der Waals surface area contributed by atoms with Crippen molar-refractivity contribution in [2.24, 2.45) is 5.16 Å². The lowest BCUT2D eigenvalue weighted by atomic mass is 10.1. The first kappa shape index (κ1) is 10.5. The standard InChI is InChI=1S/C14H13NOS/c1-2-5-12-9-13(8-11(12)4-1)15-16-10-14-6-3-7-17-14/h1-7H,8-10H2. The first-order valence-electron chi connectivity index (χ1n) is 5.69. The fraction of sp³-hybridized carbons (Fsp3) is 0.214. The minimum Gasteiger partial charge on any atom is -0.390 e. The van der Waals surface area contributed by atoms with Gasteiger partial charge in [-0.1, -0.05) is 35.5 Å². The summed E-state index contributed by atoms with van der Waals surface area (Å²) >= 11 is 1.70. The summed E-state index contributed by atoms with van der Waals surface area (Å²) in [6.07, 6.45) is 1.86. The first-order valence-corrected chi connectivity index (χ1v) is 6.56. The Hall–Kier alpha value is -1.61. The average Bonchev–Trinajstić information content (AvgIpc) is 2.96. The van der Waals surface area contributed by atoms with Crippen molar-refractivity contribution in [3.8, 4) is 0 Å². The van der Waals surface area contributed by atoms with Gasteiger partial charge in [0, 0.05) is 17.7 Å². The van der Waals surface area contributed by atoms with Crippen molar-refractivity contribution in [2.75, 3.05) is 0 Å². The highest BCUT2D eigenvalue weighted by atomic mass is 32.1. The lowest BCUT2D eigenvalue weighted by Gasteiger charge is -1.97. The van der Waals surface area contributed by atoms with Gasteiger partial charge in [-0.25, -0.2) is 0 Å². The number of rotatable bonds is 3. The summed E-state index contributed by atoms with van der Waals surface area (Å²) < 4.78 is 0. The van der Waals surface area contributed by atoms with E-state index in [1.54, 1.807) is 11.3 Å². The van der Waals surface area contributed by atoms with Gasteiger partial charge in [0.2, 0.25) is 0 Å². The van der Waals surface area contributed by atoms with E-state index in [9.17, 15) is 0 Å². The molecule has 0 unspecified atom stereocenters. The molecular weight excluding hydrogens is 230 g/mol. The molecule has 3 rings (SSSR count). The number of fused-ring (bicyclic) bond motifs is 1. The quantitative estimate of drug-likeness (QED) is 0.757. The van der Waals surface area contributed by atoms with Gasteiger partial charge in [-0.2, -0.15) is 0 Å². The number of hydrogen-bond donors (Lipinski definition) is 0. The van der Waals surface area contributed by atoms with Gasteiger partial charge in [-0.3, -0.25) is 0 Å². The van der Waals surface area contributed by atoms with Crippen LogP contribution in [0.1, 0.15) is 16.0 Å². The van der Waals surface area contributed by atoms with Gasteiger partial charge in [-0.15, -0.1) is 11.3 Å². The molecule has 1 heterocycles. The van der Waals surface area contributed by atoms with Crippen LogP contribution in [0.25, 0.3) is 0 Å². The van der Waals surface area contributed by atoms with E-state index in [1.165, 1.54) is 16.0 Å². The zero-order valence-corrected chi connectivity index (χ0v) is 10.2. The molecule has 1 aliphatic rings. The number of thiophene rings is 1. The SMILES string of the molecule is c1csc(CON=C2Cc3ccccc3C2)c1. The molecule has 0 saturated heterocycles. The van der Waals surface area contributed by atoms with Gasteiger partial charge in [0.1, 0.15) is 0 Å². The molecule has 0 radical (unpaired) electrons. The first-order chi connectivity index (χ1) is 8.42. The van der Waals surface area contributed by atoms with Gasteiger partial charge in [0.05, 0.1) is 5.71 Å². The second-order valence-corrected chi connectivity index (χ2v) is 5.16. The van der Waals surface area contributed by atoms with Crippen LogP contribution in [0.5, 0.6) is 0 Å². The summed E-state index contributed by atoms with van der Waals surface area (Å²) in [5.74, 6) is 0. The second kappa shape index (κ2) is 4.72. The van der Waals surface area contributed by atoms with E-state index in [-0.39, 0.29) is 0 Å². The van der Waals surface area contributed by atoms with Crippen molar-refractivity contribution in [3.63, 3.8) is 0 Å². The van der Waals surface area contributed by atoms with E-state index in [2.05, 4.69) is 40.9 Å². The van der Waals surface area contributed by atoms with Gasteiger partial charge in [0.15, 0.2) is 6.61 Å². The molecule has 1 aromatic heterocycles. The number of oxime groups is 1. The zero-order valence-electron chi connectivity index (χ0n) is 9.43. The molecule has 0 atom stereocenters. The van der Waals surface area contributed by atoms with Gasteiger partial charge >= 0.3 is 0 Å². The van der Waals surface area contributed by atoms with E-state index in [4.69, 9.17) is 4.84 Å². The highest BCUT2D eigenvalue weighted by Gasteiger charge is 2.16. The lowest BCUT2D eigenvalue weighted by Crippen LogP contribution is -1.98. The molecule has 17 heavy (non-hydrogen) atoms. The maximum atomic E-state index is 5.39. The Labute approximate surface area is 105 Å². The summed E-state index contributed by atoms with van der Waals surface area (Å²) in [6, 6.07) is 12.6. The Balaban J connectivity index is 1.61. The summed E-state index contributed by atoms with van der Waals surface area (Å²) in [5.41, 5.74) is 3.89. The molecule has 2 nitrogen and oxygen atoms in total. The molecule has 0 fully saturated rings. The van der Waals surface area contributed by atoms with Crippen molar-refractivity contribution in [3.05, 3.63) is 57.8 Å². The molecule has 86 valence electrons. The lowest BCUT2D eigenvalue weighted by molar-refractivity contribution is 0.132. The molecular formula is C14H13NOS. The van der Waals surface area contributed by atoms with Gasteiger partial charge in [-0.05, 0) is 22.6 Å². The maximum absolute atomic E-state index is 5.39. The molecule has 3 heteroatoms. The van der Waals surface area contributed by atoms with E-state index < -0.39 is 0 Å². The molecule has 0 bridgehead atoms. The number of hydrogen-bond acceptors (Lipinski definition) is 3. The van der Waals surface area contributed by atoms with Crippen LogP contribution in [0.4, 0.5) is 0 Å². The maximum Gasteiger partial charge on any atom is 0.151 e. The largest absolute Gasteiger partial charge is 0.390 e. The van der Waals surface area contributed by atoms with Crippen LogP contribution in [0.3, 0.4) is 0 Å². The number of nitrogens with zero attached hydrogens (tertiary/aromatic N) is 1. The van der Waals surface area contributed by atoms with Crippen LogP contribution >= 0.6 is 11.3 Å². The molecule has 2 aromatic rings.